The molecule has 0 radical (unpaired) electrons. The summed E-state index contributed by atoms with van der Waals surface area (Å²) < 4.78 is 5.15. The smallest absolute Gasteiger partial charge is 0.415 e. The molecule has 2 amide bonds. The van der Waals surface area contributed by atoms with Gasteiger partial charge >= 0.3 is 12.2 Å². The normalized spacial score (nSPS) is 18.9. The first-order valence-corrected chi connectivity index (χ1v) is 11.3. The summed E-state index contributed by atoms with van der Waals surface area (Å²) in [7, 11) is 0. The molecule has 2 aliphatic heterocycles. The highest BCUT2D eigenvalue weighted by Gasteiger charge is 2.34. The number of benzene rings is 1. The predicted molar refractivity (Wildman–Crippen MR) is 123 cm³/mol. The molecule has 0 spiro atoms. The summed E-state index contributed by atoms with van der Waals surface area (Å²) in [6, 6.07) is 10.2. The predicted octanol–water partition coefficient (Wildman–Crippen LogP) is 2.66. The molecule has 2 N–H and O–H groups in total. The van der Waals surface area contributed by atoms with Gasteiger partial charge in [0.05, 0.1) is 6.04 Å². The largest absolute Gasteiger partial charge is 0.465 e. The second-order valence-corrected chi connectivity index (χ2v) is 8.29. The molecule has 10 nitrogen and oxygen atoms in total. The highest BCUT2D eigenvalue weighted by atomic mass is 16.6. The van der Waals surface area contributed by atoms with E-state index in [9.17, 15) is 9.59 Å². The fraction of sp³-hybridized carbons (Fsp3) is 0.478. The third-order valence-corrected chi connectivity index (χ3v) is 6.09. The minimum Gasteiger partial charge on any atom is -0.465 e. The average molecular weight is 455 g/mol. The van der Waals surface area contributed by atoms with Crippen molar-refractivity contribution < 1.29 is 19.4 Å². The van der Waals surface area contributed by atoms with Crippen LogP contribution in [0.15, 0.2) is 36.5 Å². The molecule has 1 aromatic heterocycles. The van der Waals surface area contributed by atoms with Crippen LogP contribution in [-0.2, 0) is 17.7 Å². The molecule has 176 valence electrons. The Balaban J connectivity index is 1.25. The Bertz CT molecular complexity index is 962. The number of anilines is 2. The van der Waals surface area contributed by atoms with Gasteiger partial charge in [-0.05, 0) is 30.0 Å². The summed E-state index contributed by atoms with van der Waals surface area (Å²) in [5.41, 5.74) is 2.42. The molecular formula is C23H30N6O4. The minimum atomic E-state index is -0.839. The fourth-order valence-corrected chi connectivity index (χ4v) is 4.10. The Hall–Kier alpha value is -3.40. The highest BCUT2D eigenvalue weighted by molar-refractivity contribution is 5.89. The van der Waals surface area contributed by atoms with Crippen molar-refractivity contribution in [1.29, 1.82) is 0 Å². The van der Waals surface area contributed by atoms with E-state index in [-0.39, 0.29) is 12.1 Å². The molecule has 0 unspecified atom stereocenters. The van der Waals surface area contributed by atoms with Gasteiger partial charge in [0, 0.05) is 45.5 Å². The lowest BCUT2D eigenvalue weighted by Gasteiger charge is -2.33. The van der Waals surface area contributed by atoms with E-state index in [0.29, 0.717) is 38.0 Å². The van der Waals surface area contributed by atoms with Gasteiger partial charge in [-0.1, -0.05) is 31.2 Å². The summed E-state index contributed by atoms with van der Waals surface area (Å²) in [6.07, 6.45) is 2.05. The van der Waals surface area contributed by atoms with Crippen LogP contribution in [-0.4, -0.2) is 82.4 Å². The second kappa shape index (κ2) is 10.5. The van der Waals surface area contributed by atoms with Crippen molar-refractivity contribution in [2.75, 3.05) is 49.5 Å². The topological polar surface area (TPSA) is 111 Å². The molecule has 33 heavy (non-hydrogen) atoms. The van der Waals surface area contributed by atoms with Gasteiger partial charge in [0.2, 0.25) is 5.95 Å². The molecule has 0 aliphatic carbocycles. The quantitative estimate of drug-likeness (QED) is 0.626. The van der Waals surface area contributed by atoms with Crippen molar-refractivity contribution >= 4 is 24.0 Å². The SMILES string of the molecule is CC[C@H]1COC(=O)N1c1ccnc(NCCc2ccc(CN3CCN(C(=O)O)CC3)cc2)n1. The Kier molecular flexibility index (Phi) is 7.23. The van der Waals surface area contributed by atoms with Crippen LogP contribution in [0.5, 0.6) is 0 Å². The molecule has 0 bridgehead atoms. The average Bonchev–Trinajstić information content (AvgIpc) is 3.21. The third kappa shape index (κ3) is 5.70. The zero-order valence-corrected chi connectivity index (χ0v) is 18.8. The number of carbonyl (C=O) groups excluding carboxylic acids is 1. The number of nitrogens with zero attached hydrogens (tertiary/aromatic N) is 5. The molecule has 2 aromatic rings. The number of rotatable bonds is 8. The van der Waals surface area contributed by atoms with E-state index in [2.05, 4.69) is 44.5 Å². The van der Waals surface area contributed by atoms with Crippen LogP contribution in [0.3, 0.4) is 0 Å². The minimum absolute atomic E-state index is 0.000178. The van der Waals surface area contributed by atoms with Crippen LogP contribution in [0.4, 0.5) is 21.4 Å². The van der Waals surface area contributed by atoms with Gasteiger partial charge < -0.3 is 20.1 Å². The Labute approximate surface area is 193 Å². The summed E-state index contributed by atoms with van der Waals surface area (Å²) >= 11 is 0. The number of hydrogen-bond donors (Lipinski definition) is 2. The first-order chi connectivity index (χ1) is 16.0. The molecule has 3 heterocycles. The number of nitrogens with one attached hydrogen (secondary N) is 1. The first kappa shape index (κ1) is 22.8. The van der Waals surface area contributed by atoms with Gasteiger partial charge in [-0.3, -0.25) is 9.80 Å². The van der Waals surface area contributed by atoms with Crippen molar-refractivity contribution in [3.8, 4) is 0 Å². The van der Waals surface area contributed by atoms with Gasteiger partial charge in [0.25, 0.3) is 0 Å². The number of piperazine rings is 1. The maximum Gasteiger partial charge on any atom is 0.415 e. The monoisotopic (exact) mass is 454 g/mol. The summed E-state index contributed by atoms with van der Waals surface area (Å²) in [6.45, 7) is 6.52. The maximum atomic E-state index is 12.0. The summed E-state index contributed by atoms with van der Waals surface area (Å²) in [5.74, 6) is 1.04. The molecular weight excluding hydrogens is 424 g/mol. The van der Waals surface area contributed by atoms with Crippen molar-refractivity contribution in [1.82, 2.24) is 19.8 Å². The highest BCUT2D eigenvalue weighted by Crippen LogP contribution is 2.23. The van der Waals surface area contributed by atoms with Crippen LogP contribution in [0.25, 0.3) is 0 Å². The standard InChI is InChI=1S/C23H30N6O4/c1-2-19-16-33-23(32)29(19)20-8-10-25-21(26-20)24-9-7-17-3-5-18(6-4-17)15-27-11-13-28(14-12-27)22(30)31/h3-6,8,10,19H,2,7,9,11-16H2,1H3,(H,30,31)(H,24,25,26)/t19-/m0/s1. The van der Waals surface area contributed by atoms with Gasteiger partial charge in [-0.2, -0.15) is 4.98 Å². The Morgan fingerprint density at radius 1 is 1.15 bits per heavy atom. The van der Waals surface area contributed by atoms with Gasteiger partial charge in [0.15, 0.2) is 0 Å². The van der Waals surface area contributed by atoms with Crippen LogP contribution in [0.1, 0.15) is 24.5 Å². The lowest BCUT2D eigenvalue weighted by Crippen LogP contribution is -2.47. The van der Waals surface area contributed by atoms with Crippen molar-refractivity contribution in [2.24, 2.45) is 0 Å². The van der Waals surface area contributed by atoms with E-state index >= 15 is 0 Å². The van der Waals surface area contributed by atoms with E-state index < -0.39 is 6.09 Å². The van der Waals surface area contributed by atoms with Crippen LogP contribution in [0, 0.1) is 0 Å². The van der Waals surface area contributed by atoms with E-state index in [1.54, 1.807) is 17.2 Å². The van der Waals surface area contributed by atoms with Crippen molar-refractivity contribution in [3.63, 3.8) is 0 Å². The second-order valence-electron chi connectivity index (χ2n) is 8.29. The summed E-state index contributed by atoms with van der Waals surface area (Å²) in [4.78, 5) is 37.2. The zero-order valence-electron chi connectivity index (χ0n) is 18.8. The van der Waals surface area contributed by atoms with Gasteiger partial charge in [-0.25, -0.2) is 14.6 Å². The Morgan fingerprint density at radius 2 is 1.88 bits per heavy atom. The van der Waals surface area contributed by atoms with Gasteiger partial charge in [-0.15, -0.1) is 0 Å². The third-order valence-electron chi connectivity index (χ3n) is 6.09. The van der Waals surface area contributed by atoms with Gasteiger partial charge in [0.1, 0.15) is 12.4 Å². The molecule has 2 saturated heterocycles. The van der Waals surface area contributed by atoms with E-state index in [0.717, 1.165) is 32.5 Å². The molecule has 4 rings (SSSR count). The van der Waals surface area contributed by atoms with Crippen molar-refractivity contribution in [3.05, 3.63) is 47.7 Å². The molecule has 2 aliphatic rings. The number of carbonyl (C=O) groups is 2. The number of ether oxygens (including phenoxy) is 1. The fourth-order valence-electron chi connectivity index (χ4n) is 4.10. The number of hydrogen-bond acceptors (Lipinski definition) is 7. The lowest BCUT2D eigenvalue weighted by atomic mass is 10.1. The lowest BCUT2D eigenvalue weighted by molar-refractivity contribution is 0.103. The molecule has 1 aromatic carbocycles. The van der Waals surface area contributed by atoms with E-state index in [4.69, 9.17) is 9.84 Å². The summed E-state index contributed by atoms with van der Waals surface area (Å²) in [5, 5.41) is 12.3. The van der Waals surface area contributed by atoms with E-state index in [1.165, 1.54) is 16.0 Å². The zero-order chi connectivity index (χ0) is 23.2. The molecule has 1 atom stereocenters. The molecule has 0 saturated carbocycles. The number of cyclic esters (lactones) is 1. The maximum absolute atomic E-state index is 12.0. The number of aromatic nitrogens is 2. The number of carboxylic acid groups (broad SMARTS) is 1. The van der Waals surface area contributed by atoms with Crippen LogP contribution >= 0.6 is 0 Å². The Morgan fingerprint density at radius 3 is 2.58 bits per heavy atom. The molecule has 2 fully saturated rings. The van der Waals surface area contributed by atoms with Crippen molar-refractivity contribution in [2.45, 2.75) is 32.4 Å². The first-order valence-electron chi connectivity index (χ1n) is 11.3. The molecule has 10 heteroatoms. The number of amides is 2. The van der Waals surface area contributed by atoms with E-state index in [1.807, 2.05) is 6.92 Å². The van der Waals surface area contributed by atoms with Crippen LogP contribution in [0.2, 0.25) is 0 Å². The van der Waals surface area contributed by atoms with Crippen LogP contribution < -0.4 is 10.2 Å².